The molecule has 0 aliphatic carbocycles. The molecule has 6 nitrogen and oxygen atoms in total. The van der Waals surface area contributed by atoms with Crippen molar-refractivity contribution in [1.82, 2.24) is 5.32 Å². The van der Waals surface area contributed by atoms with Gasteiger partial charge in [-0.15, -0.1) is 0 Å². The molecule has 138 valence electrons. The van der Waals surface area contributed by atoms with E-state index < -0.39 is 34.1 Å². The zero-order chi connectivity index (χ0) is 18.1. The molecule has 0 heterocycles. The summed E-state index contributed by atoms with van der Waals surface area (Å²) >= 11 is 0. The Morgan fingerprint density at radius 3 is 2.17 bits per heavy atom. The van der Waals surface area contributed by atoms with Crippen LogP contribution in [0.1, 0.15) is 6.42 Å². The average Bonchev–Trinajstić information content (AvgIpc) is 2.33. The fraction of sp³-hybridized carbons (Fsp3) is 0.923. The van der Waals surface area contributed by atoms with Crippen molar-refractivity contribution < 1.29 is 17.5 Å². The fourth-order valence-corrected chi connectivity index (χ4v) is 13.1. The minimum Gasteiger partial charge on any atom is -0.532 e. The summed E-state index contributed by atoms with van der Waals surface area (Å²) in [5.41, 5.74) is 5.46. The molecule has 0 aliphatic rings. The quantitative estimate of drug-likeness (QED) is 0.343. The van der Waals surface area contributed by atoms with Crippen LogP contribution in [0.5, 0.6) is 0 Å². The van der Waals surface area contributed by atoms with Gasteiger partial charge in [0.25, 0.3) is 0 Å². The average molecular weight is 397 g/mol. The van der Waals surface area contributed by atoms with Crippen molar-refractivity contribution in [1.29, 1.82) is 0 Å². The van der Waals surface area contributed by atoms with Gasteiger partial charge in [-0.25, -0.2) is 0 Å². The van der Waals surface area contributed by atoms with Crippen molar-refractivity contribution >= 4 is 39.9 Å². The van der Waals surface area contributed by atoms with Crippen LogP contribution in [0.3, 0.4) is 0 Å². The maximum Gasteiger partial charge on any atom is 0.479 e. The number of nitrogens with one attached hydrogen (secondary N) is 1. The molecular weight excluding hydrogens is 360 g/mol. The van der Waals surface area contributed by atoms with Gasteiger partial charge in [-0.3, -0.25) is 0 Å². The van der Waals surface area contributed by atoms with E-state index in [0.717, 1.165) is 19.5 Å². The lowest BCUT2D eigenvalue weighted by molar-refractivity contribution is 0.219. The first kappa shape index (κ1) is 23.3. The molecule has 4 N–H and O–H groups in total. The largest absolute Gasteiger partial charge is 0.532 e. The number of hydrogen-bond acceptors (Lipinski definition) is 6. The van der Waals surface area contributed by atoms with Crippen LogP contribution >= 0.6 is 0 Å². The molecule has 0 aromatic carbocycles. The van der Waals surface area contributed by atoms with Crippen LogP contribution in [-0.2, 0) is 12.7 Å². The summed E-state index contributed by atoms with van der Waals surface area (Å²) in [6.45, 7) is 16.7. The minimum absolute atomic E-state index is 0.546. The van der Waals surface area contributed by atoms with Crippen molar-refractivity contribution in [3.8, 4) is 0 Å². The van der Waals surface area contributed by atoms with Crippen LogP contribution in [0.2, 0.25) is 51.9 Å². The second kappa shape index (κ2) is 10.4. The Bertz CT molecular complexity index is 373. The standard InChI is InChI=1S/C13H36N2O4Si4/c1-20(2)13-17-22(6,7)19-23(16,18-21(3,4)5)12-8-10-15-11-9-14/h13,15-16H,8-12,14H2,1-7H3. The van der Waals surface area contributed by atoms with E-state index in [-0.39, 0.29) is 0 Å². The van der Waals surface area contributed by atoms with Gasteiger partial charge >= 0.3 is 17.4 Å². The van der Waals surface area contributed by atoms with Gasteiger partial charge < -0.3 is 28.5 Å². The predicted octanol–water partition coefficient (Wildman–Crippen LogP) is 1.54. The molecule has 0 aromatic heterocycles. The summed E-state index contributed by atoms with van der Waals surface area (Å²) in [6, 6.07) is 0.546. The molecule has 0 saturated carbocycles. The molecule has 0 bridgehead atoms. The van der Waals surface area contributed by atoms with Gasteiger partial charge in [-0.2, -0.15) is 0 Å². The van der Waals surface area contributed by atoms with E-state index in [0.29, 0.717) is 12.6 Å². The molecule has 0 spiro atoms. The van der Waals surface area contributed by atoms with Gasteiger partial charge in [-0.1, -0.05) is 13.1 Å². The molecule has 1 atom stereocenters. The van der Waals surface area contributed by atoms with Crippen molar-refractivity contribution in [2.75, 3.05) is 19.6 Å². The van der Waals surface area contributed by atoms with Crippen LogP contribution in [-0.4, -0.2) is 64.4 Å². The third kappa shape index (κ3) is 13.3. The predicted molar refractivity (Wildman–Crippen MR) is 107 cm³/mol. The van der Waals surface area contributed by atoms with Crippen LogP contribution in [0.25, 0.3) is 0 Å². The highest BCUT2D eigenvalue weighted by atomic mass is 28.5. The van der Waals surface area contributed by atoms with Crippen LogP contribution in [0.15, 0.2) is 0 Å². The van der Waals surface area contributed by atoms with Crippen molar-refractivity contribution in [3.05, 3.63) is 0 Å². The Morgan fingerprint density at radius 2 is 1.70 bits per heavy atom. The van der Waals surface area contributed by atoms with Crippen molar-refractivity contribution in [3.63, 3.8) is 0 Å². The van der Waals surface area contributed by atoms with E-state index in [1.165, 1.54) is 0 Å². The maximum absolute atomic E-state index is 11.0. The lowest BCUT2D eigenvalue weighted by Gasteiger charge is -2.36. The summed E-state index contributed by atoms with van der Waals surface area (Å²) in [6.07, 6.45) is 0.804. The van der Waals surface area contributed by atoms with Crippen LogP contribution in [0.4, 0.5) is 0 Å². The molecule has 23 heavy (non-hydrogen) atoms. The molecular formula is C13H36N2O4Si4. The lowest BCUT2D eigenvalue weighted by Crippen LogP contribution is -2.56. The molecule has 0 saturated heterocycles. The Labute approximate surface area is 146 Å². The lowest BCUT2D eigenvalue weighted by atomic mass is 10.5. The van der Waals surface area contributed by atoms with Crippen molar-refractivity contribution in [2.45, 2.75) is 58.3 Å². The first-order valence-corrected chi connectivity index (χ1v) is 19.0. The number of rotatable bonds is 12. The minimum atomic E-state index is -3.23. The second-order valence-corrected chi connectivity index (χ2v) is 20.6. The molecule has 1 unspecified atom stereocenters. The summed E-state index contributed by atoms with van der Waals surface area (Å²) in [4.78, 5) is 11.0. The fourth-order valence-electron chi connectivity index (χ4n) is 1.93. The summed E-state index contributed by atoms with van der Waals surface area (Å²) in [5, 5.41) is 3.24. The maximum atomic E-state index is 11.0. The van der Waals surface area contributed by atoms with Gasteiger partial charge in [0.2, 0.25) is 0 Å². The van der Waals surface area contributed by atoms with E-state index in [1.54, 1.807) is 0 Å². The zero-order valence-electron chi connectivity index (χ0n) is 15.9. The highest BCUT2D eigenvalue weighted by Gasteiger charge is 2.46. The normalized spacial score (nSPS) is 15.2. The number of nitrogens with two attached hydrogens (primary N) is 1. The van der Waals surface area contributed by atoms with Gasteiger partial charge in [0.15, 0.2) is 8.32 Å². The Kier molecular flexibility index (Phi) is 10.5. The van der Waals surface area contributed by atoms with Crippen LogP contribution < -0.4 is 11.1 Å². The highest BCUT2D eigenvalue weighted by Crippen LogP contribution is 2.23. The summed E-state index contributed by atoms with van der Waals surface area (Å²) in [5.74, 6) is 1.89. The monoisotopic (exact) mass is 396 g/mol. The van der Waals surface area contributed by atoms with Gasteiger partial charge in [-0.05, 0) is 45.7 Å². The Morgan fingerprint density at radius 1 is 1.09 bits per heavy atom. The van der Waals surface area contributed by atoms with E-state index in [9.17, 15) is 4.80 Å². The molecule has 10 heteroatoms. The SMILES string of the molecule is C[Si](C)=CO[Si](C)(C)O[Si](O)(CCCNCCN)O[Si](C)(C)C. The van der Waals surface area contributed by atoms with Crippen molar-refractivity contribution in [2.24, 2.45) is 5.73 Å². The third-order valence-corrected chi connectivity index (χ3v) is 12.1. The Hall–Kier alpha value is 0.338. The van der Waals surface area contributed by atoms with E-state index in [2.05, 4.69) is 38.1 Å². The van der Waals surface area contributed by atoms with E-state index in [1.807, 2.05) is 19.0 Å². The molecule has 0 fully saturated rings. The second-order valence-electron chi connectivity index (χ2n) is 7.38. The summed E-state index contributed by atoms with van der Waals surface area (Å²) in [7, 11) is -8.17. The Balaban J connectivity index is 4.80. The van der Waals surface area contributed by atoms with Crippen LogP contribution in [0, 0.1) is 0 Å². The zero-order valence-corrected chi connectivity index (χ0v) is 19.9. The van der Waals surface area contributed by atoms with Gasteiger partial charge in [0, 0.05) is 33.4 Å². The molecule has 0 aromatic rings. The number of hydrogen-bond donors (Lipinski definition) is 3. The van der Waals surface area contributed by atoms with Gasteiger partial charge in [0.05, 0.1) is 0 Å². The molecule has 0 rings (SSSR count). The first-order valence-electron chi connectivity index (χ1n) is 8.24. The van der Waals surface area contributed by atoms with E-state index >= 15 is 0 Å². The van der Waals surface area contributed by atoms with Gasteiger partial charge in [0.1, 0.15) is 0 Å². The summed E-state index contributed by atoms with van der Waals surface area (Å²) < 4.78 is 18.1. The topological polar surface area (TPSA) is 86.0 Å². The molecule has 0 amide bonds. The molecule has 0 radical (unpaired) electrons. The highest BCUT2D eigenvalue weighted by molar-refractivity contribution is 6.84. The first-order chi connectivity index (χ1) is 10.4. The van der Waals surface area contributed by atoms with E-state index in [4.69, 9.17) is 18.4 Å². The molecule has 0 aliphatic heterocycles. The third-order valence-electron chi connectivity index (χ3n) is 2.62. The smallest absolute Gasteiger partial charge is 0.479 e.